The molecule has 0 amide bonds. The van der Waals surface area contributed by atoms with Crippen LogP contribution in [-0.2, 0) is 12.8 Å². The van der Waals surface area contributed by atoms with Gasteiger partial charge in [0.05, 0.1) is 24.2 Å². The molecule has 6 aromatic carbocycles. The van der Waals surface area contributed by atoms with Crippen LogP contribution in [0.1, 0.15) is 22.3 Å². The van der Waals surface area contributed by atoms with Crippen LogP contribution in [0, 0.1) is 13.8 Å². The van der Waals surface area contributed by atoms with Crippen LogP contribution in [0.4, 0.5) is 0 Å². The molecule has 0 saturated carbocycles. The summed E-state index contributed by atoms with van der Waals surface area (Å²) >= 11 is 0. The fraction of sp³-hybridized carbons (Fsp3) is 0.0893. The molecule has 9 rings (SSSR count). The lowest BCUT2D eigenvalue weighted by atomic mass is 9.87. The third-order valence-electron chi connectivity index (χ3n) is 11.3. The molecule has 4 heteroatoms. The maximum Gasteiger partial charge on any atom is 0.125 e. The van der Waals surface area contributed by atoms with Crippen LogP contribution >= 0.6 is 0 Å². The van der Waals surface area contributed by atoms with Gasteiger partial charge < -0.3 is 4.74 Å². The van der Waals surface area contributed by atoms with Gasteiger partial charge >= 0.3 is 0 Å². The first-order chi connectivity index (χ1) is 29.5. The Morgan fingerprint density at radius 1 is 0.367 bits per heavy atom. The molecule has 0 radical (unpaired) electrons. The van der Waals surface area contributed by atoms with Crippen LogP contribution in [0.15, 0.2) is 195 Å². The number of benzene rings is 6. The largest absolute Gasteiger partial charge is 0.496 e. The predicted octanol–water partition coefficient (Wildman–Crippen LogP) is 14.0. The second-order valence-electron chi connectivity index (χ2n) is 15.3. The summed E-state index contributed by atoms with van der Waals surface area (Å²) in [4.78, 5) is 14.8. The van der Waals surface area contributed by atoms with E-state index < -0.39 is 0 Å². The average Bonchev–Trinajstić information content (AvgIpc) is 3.31. The Bertz CT molecular complexity index is 2770. The highest BCUT2D eigenvalue weighted by Gasteiger charge is 2.17. The summed E-state index contributed by atoms with van der Waals surface area (Å²) in [7, 11) is 1.74. The number of aromatic nitrogens is 3. The molecule has 0 atom stereocenters. The maximum atomic E-state index is 5.96. The SMILES string of the molecule is COc1cc(-c2ccccc2)ncc1CCc1cc(-c2ccccc2-c2cnc(-c3ccccc3)cc2C)cc(-c2ccccc2-c2cnc(-c3ccccc3)cc2C)c1. The Labute approximate surface area is 352 Å². The first-order valence-corrected chi connectivity index (χ1v) is 20.5. The van der Waals surface area contributed by atoms with Crippen molar-refractivity contribution in [1.82, 2.24) is 15.0 Å². The minimum atomic E-state index is 0.769. The second-order valence-corrected chi connectivity index (χ2v) is 15.3. The van der Waals surface area contributed by atoms with Gasteiger partial charge in [-0.1, -0.05) is 152 Å². The summed E-state index contributed by atoms with van der Waals surface area (Å²) in [6.07, 6.45) is 7.60. The molecule has 0 unspecified atom stereocenters. The van der Waals surface area contributed by atoms with E-state index >= 15 is 0 Å². The van der Waals surface area contributed by atoms with Crippen LogP contribution in [0.3, 0.4) is 0 Å². The van der Waals surface area contributed by atoms with Crippen molar-refractivity contribution in [3.63, 3.8) is 0 Å². The first-order valence-electron chi connectivity index (χ1n) is 20.5. The lowest BCUT2D eigenvalue weighted by Crippen LogP contribution is -1.99. The second kappa shape index (κ2) is 17.2. The number of pyridine rings is 3. The van der Waals surface area contributed by atoms with Gasteiger partial charge in [-0.2, -0.15) is 0 Å². The van der Waals surface area contributed by atoms with Crippen molar-refractivity contribution in [2.24, 2.45) is 0 Å². The van der Waals surface area contributed by atoms with E-state index in [4.69, 9.17) is 19.7 Å². The summed E-state index contributed by atoms with van der Waals surface area (Å²) < 4.78 is 5.96. The van der Waals surface area contributed by atoms with E-state index in [1.54, 1.807) is 7.11 Å². The van der Waals surface area contributed by atoms with E-state index in [9.17, 15) is 0 Å². The zero-order chi connectivity index (χ0) is 40.8. The summed E-state index contributed by atoms with van der Waals surface area (Å²) in [6, 6.07) is 61.9. The molecule has 0 spiro atoms. The smallest absolute Gasteiger partial charge is 0.125 e. The van der Waals surface area contributed by atoms with Gasteiger partial charge in [0.1, 0.15) is 5.75 Å². The molecule has 0 bridgehead atoms. The first kappa shape index (κ1) is 38.1. The van der Waals surface area contributed by atoms with E-state index in [1.165, 1.54) is 16.7 Å². The maximum absolute atomic E-state index is 5.96. The van der Waals surface area contributed by atoms with E-state index in [1.807, 2.05) is 48.9 Å². The fourth-order valence-electron chi connectivity index (χ4n) is 8.19. The molecule has 0 N–H and O–H groups in total. The molecule has 3 heterocycles. The van der Waals surface area contributed by atoms with Crippen LogP contribution in [-0.4, -0.2) is 22.1 Å². The third kappa shape index (κ3) is 8.01. The highest BCUT2D eigenvalue weighted by molar-refractivity contribution is 5.90. The van der Waals surface area contributed by atoms with Crippen molar-refractivity contribution in [1.29, 1.82) is 0 Å². The van der Waals surface area contributed by atoms with Gasteiger partial charge in [-0.25, -0.2) is 0 Å². The third-order valence-corrected chi connectivity index (χ3v) is 11.3. The highest BCUT2D eigenvalue weighted by atomic mass is 16.5. The van der Waals surface area contributed by atoms with Gasteiger partial charge in [0.2, 0.25) is 0 Å². The molecule has 0 aliphatic carbocycles. The van der Waals surface area contributed by atoms with Gasteiger partial charge in [0, 0.05) is 58.0 Å². The average molecular weight is 776 g/mol. The van der Waals surface area contributed by atoms with Crippen molar-refractivity contribution in [3.05, 3.63) is 217 Å². The Hall–Kier alpha value is -7.43. The topological polar surface area (TPSA) is 47.9 Å². The molecular weight excluding hydrogens is 731 g/mol. The Morgan fingerprint density at radius 2 is 0.767 bits per heavy atom. The fourth-order valence-corrected chi connectivity index (χ4v) is 8.19. The summed E-state index contributed by atoms with van der Waals surface area (Å²) in [5.74, 6) is 0.847. The molecule has 0 saturated heterocycles. The number of rotatable bonds is 11. The van der Waals surface area contributed by atoms with E-state index in [0.717, 1.165) is 102 Å². The minimum absolute atomic E-state index is 0.769. The van der Waals surface area contributed by atoms with E-state index in [0.29, 0.717) is 0 Å². The number of aryl methyl sites for hydroxylation is 4. The van der Waals surface area contributed by atoms with Gasteiger partial charge in [-0.15, -0.1) is 0 Å². The van der Waals surface area contributed by atoms with Crippen LogP contribution in [0.2, 0.25) is 0 Å². The van der Waals surface area contributed by atoms with Crippen LogP contribution in [0.25, 0.3) is 78.3 Å². The summed E-state index contributed by atoms with van der Waals surface area (Å²) in [5, 5.41) is 0. The normalized spacial score (nSPS) is 11.1. The number of hydrogen-bond donors (Lipinski definition) is 0. The number of methoxy groups -OCH3 is 1. The lowest BCUT2D eigenvalue weighted by Gasteiger charge is -2.18. The number of hydrogen-bond acceptors (Lipinski definition) is 4. The number of nitrogens with zero attached hydrogens (tertiary/aromatic N) is 3. The molecule has 0 fully saturated rings. The quantitative estimate of drug-likeness (QED) is 0.131. The Morgan fingerprint density at radius 3 is 1.20 bits per heavy atom. The van der Waals surface area contributed by atoms with E-state index in [2.05, 4.69) is 159 Å². The van der Waals surface area contributed by atoms with Crippen molar-refractivity contribution < 1.29 is 4.74 Å². The molecule has 60 heavy (non-hydrogen) atoms. The van der Waals surface area contributed by atoms with E-state index in [-0.39, 0.29) is 0 Å². The van der Waals surface area contributed by atoms with Crippen molar-refractivity contribution in [2.75, 3.05) is 7.11 Å². The molecule has 3 aromatic heterocycles. The molecule has 290 valence electrons. The Kier molecular flexibility index (Phi) is 10.9. The van der Waals surface area contributed by atoms with Gasteiger partial charge in [0.15, 0.2) is 0 Å². The summed E-state index contributed by atoms with van der Waals surface area (Å²) in [5.41, 5.74) is 19.9. The molecular formula is C56H45N3O. The van der Waals surface area contributed by atoms with Gasteiger partial charge in [-0.3, -0.25) is 15.0 Å². The van der Waals surface area contributed by atoms with Crippen LogP contribution < -0.4 is 4.74 Å². The van der Waals surface area contributed by atoms with Crippen LogP contribution in [0.5, 0.6) is 5.75 Å². The zero-order valence-electron chi connectivity index (χ0n) is 34.1. The number of ether oxygens (including phenoxy) is 1. The monoisotopic (exact) mass is 775 g/mol. The van der Waals surface area contributed by atoms with Crippen molar-refractivity contribution in [2.45, 2.75) is 26.7 Å². The molecule has 0 aliphatic rings. The lowest BCUT2D eigenvalue weighted by molar-refractivity contribution is 0.409. The van der Waals surface area contributed by atoms with Gasteiger partial charge in [-0.05, 0) is 95.0 Å². The zero-order valence-corrected chi connectivity index (χ0v) is 34.1. The molecule has 9 aromatic rings. The van der Waals surface area contributed by atoms with Gasteiger partial charge in [0.25, 0.3) is 0 Å². The highest BCUT2D eigenvalue weighted by Crippen LogP contribution is 2.40. The standard InChI is InChI=1S/C56H45N3O/c1-38-29-53(41-17-7-4-8-18-41)58-36-51(38)49-25-15-13-23-47(49)45-31-40(27-28-44-35-57-55(34-56(44)60-3)43-21-11-6-12-22-43)32-46(33-45)48-24-14-16-26-50(48)52-37-59-54(30-39(52)2)42-19-9-5-10-20-42/h4-26,29-37H,27-28H2,1-3H3. The van der Waals surface area contributed by atoms with Crippen molar-refractivity contribution >= 4 is 0 Å². The molecule has 0 aliphatic heterocycles. The van der Waals surface area contributed by atoms with Crippen molar-refractivity contribution in [3.8, 4) is 84.0 Å². The predicted molar refractivity (Wildman–Crippen MR) is 248 cm³/mol. The minimum Gasteiger partial charge on any atom is -0.496 e. The summed E-state index contributed by atoms with van der Waals surface area (Å²) in [6.45, 7) is 4.37. The Balaban J connectivity index is 1.14. The molecule has 4 nitrogen and oxygen atoms in total.